The Labute approximate surface area is 52.0 Å². The van der Waals surface area contributed by atoms with Crippen LogP contribution in [0, 0.1) is 3.80 Å². The van der Waals surface area contributed by atoms with E-state index < -0.39 is 0 Å². The van der Waals surface area contributed by atoms with E-state index in [9.17, 15) is 0 Å². The molecule has 0 aliphatic rings. The van der Waals surface area contributed by atoms with Gasteiger partial charge in [-0.25, -0.2) is 0 Å². The normalized spacial score (nSPS) is 8.57. The van der Waals surface area contributed by atoms with Crippen LogP contribution in [0.3, 0.4) is 0 Å². The molecule has 2 nitrogen and oxygen atoms in total. The molecule has 0 spiro atoms. The first-order chi connectivity index (χ1) is 3.39. The van der Waals surface area contributed by atoms with E-state index in [1.54, 1.807) is 6.20 Å². The van der Waals surface area contributed by atoms with E-state index in [-0.39, 0.29) is 0 Å². The molecule has 7 heavy (non-hydrogen) atoms. The van der Waals surface area contributed by atoms with E-state index in [0.717, 1.165) is 3.80 Å². The minimum absolute atomic E-state index is 1.03. The topological polar surface area (TPSA) is 28.7 Å². The van der Waals surface area contributed by atoms with Gasteiger partial charge in [0.25, 0.3) is 0 Å². The first-order valence-corrected chi connectivity index (χ1v) is 3.36. The van der Waals surface area contributed by atoms with E-state index in [1.807, 2.05) is 12.3 Å². The second kappa shape index (κ2) is 2.17. The molecule has 1 aromatic heterocycles. The average Bonchev–Trinajstić information content (AvgIpc) is 1.69. The van der Waals surface area contributed by atoms with Crippen LogP contribution in [0.25, 0.3) is 0 Å². The molecule has 0 fully saturated rings. The van der Waals surface area contributed by atoms with Crippen molar-refractivity contribution in [1.29, 1.82) is 0 Å². The Hall–Kier alpha value is -0.232. The van der Waals surface area contributed by atoms with E-state index in [2.05, 4.69) is 9.97 Å². The van der Waals surface area contributed by atoms with Crippen LogP contribution in [-0.4, -0.2) is 9.97 Å². The van der Waals surface area contributed by atoms with Gasteiger partial charge in [-0.2, -0.15) is 0 Å². The predicted molar refractivity (Wildman–Crippen MR) is 21.8 cm³/mol. The summed E-state index contributed by atoms with van der Waals surface area (Å²) in [6.07, 6.45) is 3.65. The molecule has 0 saturated carbocycles. The molecule has 0 bridgehead atoms. The van der Waals surface area contributed by atoms with Gasteiger partial charge < -0.3 is 0 Å². The van der Waals surface area contributed by atoms with Gasteiger partial charge in [-0.05, 0) is 0 Å². The molecule has 3 heteroatoms. The van der Waals surface area contributed by atoms with Crippen LogP contribution >= 0.6 is 0 Å². The number of H-pyrrole nitrogens is 1. The fourth-order valence-electron chi connectivity index (χ4n) is 0.310. The zero-order valence-corrected chi connectivity index (χ0v) is 6.52. The number of hydrogen-bond donors (Lipinski definition) is 1. The Morgan fingerprint density at radius 3 is 2.86 bits per heavy atom. The van der Waals surface area contributed by atoms with Crippen molar-refractivity contribution in [3.63, 3.8) is 0 Å². The SMILES string of the molecule is [W]=[c]1nccc[nH]1. The maximum absolute atomic E-state index is 3.96. The van der Waals surface area contributed by atoms with Crippen molar-refractivity contribution in [2.45, 2.75) is 0 Å². The third-order valence-corrected chi connectivity index (χ3v) is 1.38. The maximum atomic E-state index is 3.96. The summed E-state index contributed by atoms with van der Waals surface area (Å²) in [6.45, 7) is 0. The molecule has 36 valence electrons. The zero-order chi connectivity index (χ0) is 5.11. The minimum atomic E-state index is 1.03. The number of nitrogens with zero attached hydrogens (tertiary/aromatic N) is 1. The number of aromatic nitrogens is 2. The van der Waals surface area contributed by atoms with Crippen molar-refractivity contribution < 1.29 is 19.4 Å². The quantitative estimate of drug-likeness (QED) is 0.725. The second-order valence-corrected chi connectivity index (χ2v) is 2.48. The molecule has 1 N–H and O–H groups in total. The van der Waals surface area contributed by atoms with Gasteiger partial charge in [0.05, 0.1) is 0 Å². The van der Waals surface area contributed by atoms with Crippen LogP contribution in [0.4, 0.5) is 0 Å². The van der Waals surface area contributed by atoms with Crippen molar-refractivity contribution in [2.75, 3.05) is 0 Å². The van der Waals surface area contributed by atoms with E-state index in [1.165, 1.54) is 19.4 Å². The standard InChI is InChI=1S/C4H4N2.W/c1-2-5-4-6-3-1;/h1-3,5H;. The van der Waals surface area contributed by atoms with Crippen molar-refractivity contribution in [3.05, 3.63) is 22.3 Å². The summed E-state index contributed by atoms with van der Waals surface area (Å²) in [5.41, 5.74) is 0. The van der Waals surface area contributed by atoms with Crippen LogP contribution < -0.4 is 0 Å². The Balaban J connectivity index is 3.28. The molecule has 0 saturated heterocycles. The van der Waals surface area contributed by atoms with E-state index in [4.69, 9.17) is 0 Å². The van der Waals surface area contributed by atoms with Gasteiger partial charge in [0, 0.05) is 0 Å². The molecular formula is C4H4N2W. The Kier molecular flexibility index (Phi) is 1.53. The zero-order valence-electron chi connectivity index (χ0n) is 3.59. The van der Waals surface area contributed by atoms with Gasteiger partial charge in [0.2, 0.25) is 0 Å². The molecule has 1 heterocycles. The summed E-state index contributed by atoms with van der Waals surface area (Å²) >= 11 is 1.37. The van der Waals surface area contributed by atoms with E-state index >= 15 is 0 Å². The van der Waals surface area contributed by atoms with Gasteiger partial charge in [-0.1, -0.05) is 0 Å². The molecule has 0 radical (unpaired) electrons. The van der Waals surface area contributed by atoms with Crippen molar-refractivity contribution in [3.8, 4) is 0 Å². The molecule has 0 unspecified atom stereocenters. The third kappa shape index (κ3) is 1.36. The first kappa shape index (κ1) is 4.92. The summed E-state index contributed by atoms with van der Waals surface area (Å²) in [4.78, 5) is 6.92. The summed E-state index contributed by atoms with van der Waals surface area (Å²) in [5, 5.41) is 0. The number of rotatable bonds is 0. The number of nitrogens with one attached hydrogen (secondary N) is 1. The Morgan fingerprint density at radius 1 is 1.71 bits per heavy atom. The third-order valence-electron chi connectivity index (χ3n) is 0.581. The van der Waals surface area contributed by atoms with Gasteiger partial charge >= 0.3 is 51.6 Å². The van der Waals surface area contributed by atoms with Crippen LogP contribution in [0.15, 0.2) is 18.5 Å². The summed E-state index contributed by atoms with van der Waals surface area (Å²) in [5.74, 6) is 0. The Morgan fingerprint density at radius 2 is 2.57 bits per heavy atom. The van der Waals surface area contributed by atoms with Gasteiger partial charge in [0.15, 0.2) is 0 Å². The average molecular weight is 264 g/mol. The van der Waals surface area contributed by atoms with Crippen molar-refractivity contribution in [2.24, 2.45) is 0 Å². The monoisotopic (exact) mass is 264 g/mol. The number of aromatic amines is 1. The molecule has 0 atom stereocenters. The van der Waals surface area contributed by atoms with Crippen molar-refractivity contribution >= 4 is 0 Å². The molecular weight excluding hydrogens is 260 g/mol. The molecule has 0 amide bonds. The molecule has 0 aromatic carbocycles. The Bertz CT molecular complexity index is 175. The summed E-state index contributed by atoms with van der Waals surface area (Å²) in [6, 6.07) is 1.87. The second-order valence-electron chi connectivity index (χ2n) is 1.09. The van der Waals surface area contributed by atoms with Crippen LogP contribution in [0.2, 0.25) is 0 Å². The fourth-order valence-corrected chi connectivity index (χ4v) is 0.774. The van der Waals surface area contributed by atoms with Crippen LogP contribution in [-0.2, 0) is 19.4 Å². The van der Waals surface area contributed by atoms with E-state index in [0.29, 0.717) is 0 Å². The van der Waals surface area contributed by atoms with Gasteiger partial charge in [-0.3, -0.25) is 0 Å². The molecule has 0 aliphatic carbocycles. The number of hydrogen-bond acceptors (Lipinski definition) is 1. The summed E-state index contributed by atoms with van der Waals surface area (Å²) in [7, 11) is 0. The predicted octanol–water partition coefficient (Wildman–Crippen LogP) is 0.488. The van der Waals surface area contributed by atoms with Crippen molar-refractivity contribution in [1.82, 2.24) is 9.97 Å². The molecule has 0 aliphatic heterocycles. The molecule has 1 aromatic rings. The molecule has 1 rings (SSSR count). The van der Waals surface area contributed by atoms with Gasteiger partial charge in [0.1, 0.15) is 0 Å². The first-order valence-electron chi connectivity index (χ1n) is 1.89. The summed E-state index contributed by atoms with van der Waals surface area (Å²) < 4.78 is 1.03. The van der Waals surface area contributed by atoms with Crippen LogP contribution in [0.1, 0.15) is 0 Å². The fraction of sp³-hybridized carbons (Fsp3) is 0. The van der Waals surface area contributed by atoms with Gasteiger partial charge in [-0.15, -0.1) is 0 Å². The van der Waals surface area contributed by atoms with Crippen LogP contribution in [0.5, 0.6) is 0 Å².